The van der Waals surface area contributed by atoms with Crippen molar-refractivity contribution in [1.82, 2.24) is 9.78 Å². The first-order valence-corrected chi connectivity index (χ1v) is 8.14. The zero-order valence-corrected chi connectivity index (χ0v) is 13.1. The van der Waals surface area contributed by atoms with Gasteiger partial charge in [-0.25, -0.2) is 4.68 Å². The highest BCUT2D eigenvalue weighted by Gasteiger charge is 2.36. The summed E-state index contributed by atoms with van der Waals surface area (Å²) in [5, 5.41) is 6.48. The molecule has 0 saturated carbocycles. The van der Waals surface area contributed by atoms with E-state index in [1.807, 2.05) is 37.3 Å². The van der Waals surface area contributed by atoms with Crippen LogP contribution in [-0.2, 0) is 4.79 Å². The predicted octanol–water partition coefficient (Wildman–Crippen LogP) is 3.09. The fourth-order valence-electron chi connectivity index (χ4n) is 3.73. The molecule has 1 atom stereocenters. The molecule has 0 bridgehead atoms. The normalized spacial score (nSPS) is 20.0. The Morgan fingerprint density at radius 2 is 1.96 bits per heavy atom. The van der Waals surface area contributed by atoms with Gasteiger partial charge in [-0.2, -0.15) is 0 Å². The Bertz CT molecular complexity index is 858. The molecule has 5 heteroatoms. The average Bonchev–Trinajstić information content (AvgIpc) is 2.91. The Labute approximate surface area is 134 Å². The third-order valence-corrected chi connectivity index (χ3v) is 4.78. The SMILES string of the molecule is CCC1C2=C(CCCC2=O)Nc2[nH]n(-c3ccccc3)c(=O)c21. The van der Waals surface area contributed by atoms with Gasteiger partial charge >= 0.3 is 0 Å². The zero-order valence-electron chi connectivity index (χ0n) is 13.1. The van der Waals surface area contributed by atoms with Crippen LogP contribution in [0.2, 0.25) is 0 Å². The van der Waals surface area contributed by atoms with Crippen LogP contribution < -0.4 is 10.9 Å². The number of nitrogens with zero attached hydrogens (tertiary/aromatic N) is 1. The maximum atomic E-state index is 12.9. The molecular weight excluding hydrogens is 290 g/mol. The van der Waals surface area contributed by atoms with E-state index in [-0.39, 0.29) is 17.3 Å². The van der Waals surface area contributed by atoms with Gasteiger partial charge in [0.25, 0.3) is 5.56 Å². The van der Waals surface area contributed by atoms with Crippen LogP contribution in [-0.4, -0.2) is 15.6 Å². The summed E-state index contributed by atoms with van der Waals surface area (Å²) in [4.78, 5) is 25.3. The van der Waals surface area contributed by atoms with Crippen LogP contribution in [0.25, 0.3) is 5.69 Å². The number of ketones is 1. The van der Waals surface area contributed by atoms with E-state index in [1.165, 1.54) is 0 Å². The lowest BCUT2D eigenvalue weighted by atomic mass is 9.79. The quantitative estimate of drug-likeness (QED) is 0.896. The van der Waals surface area contributed by atoms with Crippen molar-refractivity contribution < 1.29 is 4.79 Å². The summed E-state index contributed by atoms with van der Waals surface area (Å²) in [6.45, 7) is 2.03. The molecule has 2 N–H and O–H groups in total. The molecule has 1 aliphatic carbocycles. The standard InChI is InChI=1S/C18H19N3O2/c1-2-12-15-13(9-6-10-14(15)22)19-17-16(12)18(23)21(20-17)11-7-4-3-5-8-11/h3-5,7-8,12,19-20H,2,6,9-10H2,1H3. The number of aromatic nitrogens is 2. The van der Waals surface area contributed by atoms with Crippen molar-refractivity contribution in [3.8, 4) is 5.69 Å². The van der Waals surface area contributed by atoms with Crippen molar-refractivity contribution >= 4 is 11.6 Å². The molecule has 0 radical (unpaired) electrons. The third-order valence-electron chi connectivity index (χ3n) is 4.78. The Balaban J connectivity index is 1.88. The molecule has 2 heterocycles. The van der Waals surface area contributed by atoms with Crippen LogP contribution in [0.15, 0.2) is 46.4 Å². The number of Topliss-reactive ketones (excluding diaryl/α,β-unsaturated/α-hetero) is 1. The number of aromatic amines is 1. The average molecular weight is 309 g/mol. The van der Waals surface area contributed by atoms with Crippen LogP contribution >= 0.6 is 0 Å². The van der Waals surface area contributed by atoms with Crippen LogP contribution in [0.4, 0.5) is 5.82 Å². The van der Waals surface area contributed by atoms with Gasteiger partial charge in [0, 0.05) is 23.6 Å². The summed E-state index contributed by atoms with van der Waals surface area (Å²) in [6.07, 6.45) is 3.08. The Hall–Kier alpha value is -2.56. The van der Waals surface area contributed by atoms with E-state index in [4.69, 9.17) is 0 Å². The van der Waals surface area contributed by atoms with Gasteiger partial charge in [-0.3, -0.25) is 14.7 Å². The first-order chi connectivity index (χ1) is 11.2. The van der Waals surface area contributed by atoms with Gasteiger partial charge in [-0.05, 0) is 31.4 Å². The number of para-hydroxylation sites is 1. The number of anilines is 1. The number of rotatable bonds is 2. The molecule has 23 heavy (non-hydrogen) atoms. The molecule has 118 valence electrons. The van der Waals surface area contributed by atoms with Crippen LogP contribution in [0.5, 0.6) is 0 Å². The van der Waals surface area contributed by atoms with Gasteiger partial charge in [0.15, 0.2) is 5.78 Å². The van der Waals surface area contributed by atoms with Gasteiger partial charge in [-0.1, -0.05) is 25.1 Å². The molecule has 1 aromatic heterocycles. The summed E-state index contributed by atoms with van der Waals surface area (Å²) in [7, 11) is 0. The molecule has 4 rings (SSSR count). The summed E-state index contributed by atoms with van der Waals surface area (Å²) in [5.41, 5.74) is 3.22. The fraction of sp³-hybridized carbons (Fsp3) is 0.333. The number of benzene rings is 1. The molecular formula is C18H19N3O2. The lowest BCUT2D eigenvalue weighted by molar-refractivity contribution is -0.116. The Kier molecular flexibility index (Phi) is 3.22. The summed E-state index contributed by atoms with van der Waals surface area (Å²) >= 11 is 0. The molecule has 0 spiro atoms. The van der Waals surface area contributed by atoms with Crippen molar-refractivity contribution in [3.63, 3.8) is 0 Å². The van der Waals surface area contributed by atoms with E-state index in [2.05, 4.69) is 10.4 Å². The van der Waals surface area contributed by atoms with Crippen molar-refractivity contribution in [1.29, 1.82) is 0 Å². The molecule has 2 aliphatic rings. The molecule has 5 nitrogen and oxygen atoms in total. The van der Waals surface area contributed by atoms with Crippen LogP contribution in [0.3, 0.4) is 0 Å². The van der Waals surface area contributed by atoms with Crippen molar-refractivity contribution in [3.05, 3.63) is 57.5 Å². The molecule has 2 aromatic rings. The number of H-pyrrole nitrogens is 1. The van der Waals surface area contributed by atoms with Gasteiger partial charge in [0.2, 0.25) is 0 Å². The number of carbonyl (C=O) groups is 1. The zero-order chi connectivity index (χ0) is 16.0. The topological polar surface area (TPSA) is 66.9 Å². The van der Waals surface area contributed by atoms with Crippen molar-refractivity contribution in [2.45, 2.75) is 38.5 Å². The first-order valence-electron chi connectivity index (χ1n) is 8.14. The highest BCUT2D eigenvalue weighted by atomic mass is 16.1. The van der Waals surface area contributed by atoms with E-state index < -0.39 is 0 Å². The van der Waals surface area contributed by atoms with E-state index in [9.17, 15) is 9.59 Å². The second kappa shape index (κ2) is 5.26. The number of hydrogen-bond acceptors (Lipinski definition) is 3. The minimum absolute atomic E-state index is 0.0736. The second-order valence-corrected chi connectivity index (χ2v) is 6.13. The highest BCUT2D eigenvalue weighted by Crippen LogP contribution is 2.41. The summed E-state index contributed by atoms with van der Waals surface area (Å²) in [6, 6.07) is 9.51. The first kappa shape index (κ1) is 14.1. The van der Waals surface area contributed by atoms with Gasteiger partial charge in [0.1, 0.15) is 5.82 Å². The predicted molar refractivity (Wildman–Crippen MR) is 88.9 cm³/mol. The lowest BCUT2D eigenvalue weighted by Crippen LogP contribution is -2.29. The Morgan fingerprint density at radius 1 is 1.17 bits per heavy atom. The van der Waals surface area contributed by atoms with E-state index >= 15 is 0 Å². The number of carbonyl (C=O) groups excluding carboxylic acids is 1. The number of fused-ring (bicyclic) bond motifs is 1. The molecule has 1 aromatic carbocycles. The molecule has 0 fully saturated rings. The van der Waals surface area contributed by atoms with E-state index in [0.29, 0.717) is 12.0 Å². The second-order valence-electron chi connectivity index (χ2n) is 6.13. The van der Waals surface area contributed by atoms with E-state index in [0.717, 1.165) is 42.0 Å². The largest absolute Gasteiger partial charge is 0.343 e. The molecule has 1 unspecified atom stereocenters. The minimum Gasteiger partial charge on any atom is -0.343 e. The summed E-state index contributed by atoms with van der Waals surface area (Å²) < 4.78 is 1.56. The number of nitrogens with one attached hydrogen (secondary N) is 2. The van der Waals surface area contributed by atoms with E-state index in [1.54, 1.807) is 4.68 Å². The van der Waals surface area contributed by atoms with Crippen molar-refractivity contribution in [2.75, 3.05) is 5.32 Å². The van der Waals surface area contributed by atoms with Gasteiger partial charge in [-0.15, -0.1) is 0 Å². The fourth-order valence-corrected chi connectivity index (χ4v) is 3.73. The Morgan fingerprint density at radius 3 is 2.70 bits per heavy atom. The molecule has 0 amide bonds. The van der Waals surface area contributed by atoms with Crippen LogP contribution in [0, 0.1) is 0 Å². The smallest absolute Gasteiger partial charge is 0.277 e. The van der Waals surface area contributed by atoms with Gasteiger partial charge in [0.05, 0.1) is 11.3 Å². The van der Waals surface area contributed by atoms with Gasteiger partial charge < -0.3 is 5.32 Å². The third kappa shape index (κ3) is 2.07. The number of hydrogen-bond donors (Lipinski definition) is 2. The number of allylic oxidation sites excluding steroid dienone is 2. The highest BCUT2D eigenvalue weighted by molar-refractivity contribution is 6.00. The summed E-state index contributed by atoms with van der Waals surface area (Å²) in [5.74, 6) is 0.810. The monoisotopic (exact) mass is 309 g/mol. The van der Waals surface area contributed by atoms with Crippen molar-refractivity contribution in [2.24, 2.45) is 0 Å². The maximum Gasteiger partial charge on any atom is 0.277 e. The minimum atomic E-state index is -0.109. The molecule has 0 saturated heterocycles. The maximum absolute atomic E-state index is 12.9. The molecule has 1 aliphatic heterocycles. The van der Waals surface area contributed by atoms with Crippen LogP contribution in [0.1, 0.15) is 44.1 Å². The lowest BCUT2D eigenvalue weighted by Gasteiger charge is -2.30.